The summed E-state index contributed by atoms with van der Waals surface area (Å²) < 4.78 is 21.1. The van der Waals surface area contributed by atoms with Crippen LogP contribution in [0.5, 0.6) is 5.75 Å². The first kappa shape index (κ1) is 12.1. The predicted octanol–water partition coefficient (Wildman–Crippen LogP) is 2.57. The zero-order valence-electron chi connectivity index (χ0n) is 10.0. The van der Waals surface area contributed by atoms with Crippen molar-refractivity contribution in [3.63, 3.8) is 0 Å². The number of benzene rings is 1. The number of rotatable bonds is 4. The standard InChI is InChI=1S/C13H12FN3OS/c14-11-3-1-2-9(6-15)12(11)18-8-10-7-17-4-5-19-13(17)16-10/h1-5,7H,6,8,15H2. The van der Waals surface area contributed by atoms with Crippen molar-refractivity contribution in [3.05, 3.63) is 53.0 Å². The Hall–Kier alpha value is -1.92. The molecule has 0 unspecified atom stereocenters. The quantitative estimate of drug-likeness (QED) is 0.797. The molecule has 0 saturated carbocycles. The van der Waals surface area contributed by atoms with Gasteiger partial charge in [-0.05, 0) is 6.07 Å². The van der Waals surface area contributed by atoms with Crippen molar-refractivity contribution in [2.45, 2.75) is 13.2 Å². The van der Waals surface area contributed by atoms with Crippen LogP contribution in [0.4, 0.5) is 4.39 Å². The lowest BCUT2D eigenvalue weighted by Crippen LogP contribution is -2.04. The fraction of sp³-hybridized carbons (Fsp3) is 0.154. The van der Waals surface area contributed by atoms with E-state index in [0.717, 1.165) is 10.7 Å². The first-order valence-electron chi connectivity index (χ1n) is 5.79. The lowest BCUT2D eigenvalue weighted by Gasteiger charge is -2.09. The molecule has 3 aromatic rings. The highest BCUT2D eigenvalue weighted by molar-refractivity contribution is 7.15. The van der Waals surface area contributed by atoms with Crippen molar-refractivity contribution in [2.75, 3.05) is 0 Å². The van der Waals surface area contributed by atoms with Crippen LogP contribution < -0.4 is 10.5 Å². The molecule has 0 amide bonds. The zero-order valence-corrected chi connectivity index (χ0v) is 10.9. The molecule has 3 rings (SSSR count). The van der Waals surface area contributed by atoms with Crippen LogP contribution >= 0.6 is 11.3 Å². The first-order chi connectivity index (χ1) is 9.28. The van der Waals surface area contributed by atoms with Crippen LogP contribution in [0.15, 0.2) is 36.0 Å². The number of hydrogen-bond acceptors (Lipinski definition) is 4. The number of thiazole rings is 1. The third-order valence-electron chi connectivity index (χ3n) is 2.78. The number of para-hydroxylation sites is 1. The molecular weight excluding hydrogens is 265 g/mol. The third-order valence-corrected chi connectivity index (χ3v) is 3.55. The number of nitrogens with zero attached hydrogens (tertiary/aromatic N) is 2. The Morgan fingerprint density at radius 1 is 1.42 bits per heavy atom. The van der Waals surface area contributed by atoms with Crippen LogP contribution in [-0.2, 0) is 13.2 Å². The van der Waals surface area contributed by atoms with E-state index in [4.69, 9.17) is 10.5 Å². The number of ether oxygens (including phenoxy) is 1. The Bertz CT molecular complexity index is 678. The number of fused-ring (bicyclic) bond motifs is 1. The summed E-state index contributed by atoms with van der Waals surface area (Å²) in [6.07, 6.45) is 3.79. The Labute approximate surface area is 113 Å². The van der Waals surface area contributed by atoms with Crippen LogP contribution in [-0.4, -0.2) is 9.38 Å². The van der Waals surface area contributed by atoms with Crippen LogP contribution in [0.25, 0.3) is 4.96 Å². The first-order valence-corrected chi connectivity index (χ1v) is 6.67. The molecular formula is C13H12FN3OS. The fourth-order valence-electron chi connectivity index (χ4n) is 1.87. The van der Waals surface area contributed by atoms with Gasteiger partial charge in [-0.15, -0.1) is 11.3 Å². The smallest absolute Gasteiger partial charge is 0.193 e. The third kappa shape index (κ3) is 2.32. The molecule has 2 heterocycles. The van der Waals surface area contributed by atoms with Crippen LogP contribution in [0, 0.1) is 5.82 Å². The van der Waals surface area contributed by atoms with Gasteiger partial charge in [-0.1, -0.05) is 12.1 Å². The summed E-state index contributed by atoms with van der Waals surface area (Å²) >= 11 is 1.54. The van der Waals surface area contributed by atoms with Gasteiger partial charge in [0.25, 0.3) is 0 Å². The normalized spacial score (nSPS) is 11.1. The second kappa shape index (κ2) is 4.99. The average Bonchev–Trinajstić information content (AvgIpc) is 2.97. The summed E-state index contributed by atoms with van der Waals surface area (Å²) in [4.78, 5) is 5.27. The molecule has 1 aromatic carbocycles. The van der Waals surface area contributed by atoms with E-state index in [1.165, 1.54) is 6.07 Å². The van der Waals surface area contributed by atoms with E-state index >= 15 is 0 Å². The molecule has 2 N–H and O–H groups in total. The Morgan fingerprint density at radius 2 is 2.32 bits per heavy atom. The van der Waals surface area contributed by atoms with E-state index in [1.807, 2.05) is 22.2 Å². The van der Waals surface area contributed by atoms with Gasteiger partial charge in [-0.25, -0.2) is 9.37 Å². The van der Waals surface area contributed by atoms with Gasteiger partial charge in [0.2, 0.25) is 0 Å². The molecule has 0 atom stereocenters. The van der Waals surface area contributed by atoms with Crippen LogP contribution in [0.1, 0.15) is 11.3 Å². The molecule has 2 aromatic heterocycles. The molecule has 98 valence electrons. The highest BCUT2D eigenvalue weighted by Gasteiger charge is 2.10. The molecule has 0 aliphatic rings. The monoisotopic (exact) mass is 277 g/mol. The van der Waals surface area contributed by atoms with Crippen LogP contribution in [0.2, 0.25) is 0 Å². The number of imidazole rings is 1. The maximum atomic E-state index is 13.7. The van der Waals surface area contributed by atoms with E-state index in [1.54, 1.807) is 23.5 Å². The molecule has 0 aliphatic carbocycles. The number of aromatic nitrogens is 2. The van der Waals surface area contributed by atoms with E-state index in [-0.39, 0.29) is 18.9 Å². The van der Waals surface area contributed by atoms with Gasteiger partial charge >= 0.3 is 0 Å². The Balaban J connectivity index is 1.80. The number of halogens is 1. The SMILES string of the molecule is NCc1cccc(F)c1OCc1cn2ccsc2n1. The highest BCUT2D eigenvalue weighted by atomic mass is 32.1. The van der Waals surface area contributed by atoms with Crippen molar-refractivity contribution < 1.29 is 9.13 Å². The van der Waals surface area contributed by atoms with Crippen molar-refractivity contribution in [2.24, 2.45) is 5.73 Å². The molecule has 4 nitrogen and oxygen atoms in total. The summed E-state index contributed by atoms with van der Waals surface area (Å²) in [6.45, 7) is 0.466. The summed E-state index contributed by atoms with van der Waals surface area (Å²) in [5.74, 6) is -0.190. The molecule has 0 bridgehead atoms. The average molecular weight is 277 g/mol. The second-order valence-corrected chi connectivity index (χ2v) is 4.92. The van der Waals surface area contributed by atoms with Gasteiger partial charge in [0, 0.05) is 29.9 Å². The van der Waals surface area contributed by atoms with E-state index in [9.17, 15) is 4.39 Å². The molecule has 0 radical (unpaired) electrons. The van der Waals surface area contributed by atoms with Gasteiger partial charge in [0.15, 0.2) is 16.5 Å². The number of hydrogen-bond donors (Lipinski definition) is 1. The highest BCUT2D eigenvalue weighted by Crippen LogP contribution is 2.23. The van der Waals surface area contributed by atoms with Gasteiger partial charge in [-0.3, -0.25) is 4.40 Å². The predicted molar refractivity (Wildman–Crippen MR) is 71.7 cm³/mol. The lowest BCUT2D eigenvalue weighted by atomic mass is 10.2. The molecule has 0 spiro atoms. The second-order valence-electron chi connectivity index (χ2n) is 4.05. The topological polar surface area (TPSA) is 52.5 Å². The van der Waals surface area contributed by atoms with E-state index in [0.29, 0.717) is 5.56 Å². The summed E-state index contributed by atoms with van der Waals surface area (Å²) in [6, 6.07) is 4.74. The van der Waals surface area contributed by atoms with Gasteiger partial charge in [-0.2, -0.15) is 0 Å². The molecule has 0 fully saturated rings. The Kier molecular flexibility index (Phi) is 3.18. The van der Waals surface area contributed by atoms with E-state index < -0.39 is 5.82 Å². The fourth-order valence-corrected chi connectivity index (χ4v) is 2.59. The van der Waals surface area contributed by atoms with Gasteiger partial charge < -0.3 is 10.5 Å². The van der Waals surface area contributed by atoms with Gasteiger partial charge in [0.05, 0.1) is 5.69 Å². The Morgan fingerprint density at radius 3 is 3.11 bits per heavy atom. The molecule has 6 heteroatoms. The van der Waals surface area contributed by atoms with Crippen molar-refractivity contribution in [1.82, 2.24) is 9.38 Å². The van der Waals surface area contributed by atoms with Crippen molar-refractivity contribution >= 4 is 16.3 Å². The van der Waals surface area contributed by atoms with Crippen molar-refractivity contribution in [3.8, 4) is 5.75 Å². The summed E-state index contributed by atoms with van der Waals surface area (Å²) in [5.41, 5.74) is 6.98. The largest absolute Gasteiger partial charge is 0.484 e. The van der Waals surface area contributed by atoms with E-state index in [2.05, 4.69) is 4.98 Å². The molecule has 19 heavy (non-hydrogen) atoms. The molecule has 0 aliphatic heterocycles. The maximum absolute atomic E-state index is 13.7. The maximum Gasteiger partial charge on any atom is 0.193 e. The minimum absolute atomic E-state index is 0.210. The van der Waals surface area contributed by atoms with Gasteiger partial charge in [0.1, 0.15) is 6.61 Å². The summed E-state index contributed by atoms with van der Waals surface area (Å²) in [5, 5.41) is 1.95. The van der Waals surface area contributed by atoms with Crippen LogP contribution in [0.3, 0.4) is 0 Å². The number of nitrogens with two attached hydrogens (primary N) is 1. The lowest BCUT2D eigenvalue weighted by molar-refractivity contribution is 0.283. The van der Waals surface area contributed by atoms with Crippen molar-refractivity contribution in [1.29, 1.82) is 0 Å². The summed E-state index contributed by atoms with van der Waals surface area (Å²) in [7, 11) is 0. The zero-order chi connectivity index (χ0) is 13.2. The molecule has 0 saturated heterocycles. The minimum atomic E-state index is -0.399. The minimum Gasteiger partial charge on any atom is -0.484 e.